The highest BCUT2D eigenvalue weighted by Crippen LogP contribution is 2.21. The van der Waals surface area contributed by atoms with Gasteiger partial charge >= 0.3 is 0 Å². The molecule has 3 rings (SSSR count). The van der Waals surface area contributed by atoms with Gasteiger partial charge < -0.3 is 10.1 Å². The molecule has 2 N–H and O–H groups in total. The van der Waals surface area contributed by atoms with Gasteiger partial charge in [-0.15, -0.1) is 0 Å². The van der Waals surface area contributed by atoms with Crippen molar-refractivity contribution >= 4 is 0 Å². The first-order chi connectivity index (χ1) is 12.4. The van der Waals surface area contributed by atoms with E-state index in [1.54, 1.807) is 0 Å². The van der Waals surface area contributed by atoms with Gasteiger partial charge in [-0.25, -0.2) is 0 Å². The third-order valence-corrected chi connectivity index (χ3v) is 4.20. The average molecular weight is 332 g/mol. The van der Waals surface area contributed by atoms with Gasteiger partial charge in [0.1, 0.15) is 12.5 Å². The van der Waals surface area contributed by atoms with Gasteiger partial charge in [0.05, 0.1) is 0 Å². The van der Waals surface area contributed by atoms with Crippen molar-refractivity contribution < 1.29 is 4.74 Å². The highest BCUT2D eigenvalue weighted by Gasteiger charge is 2.07. The van der Waals surface area contributed by atoms with Gasteiger partial charge in [0.25, 0.3) is 0 Å². The Morgan fingerprint density at radius 2 is 1.36 bits per heavy atom. The summed E-state index contributed by atoms with van der Waals surface area (Å²) in [5.74, 6) is 0.868. The highest BCUT2D eigenvalue weighted by molar-refractivity contribution is 5.63. The summed E-state index contributed by atoms with van der Waals surface area (Å²) in [5.41, 5.74) is 3.68. The predicted octanol–water partition coefficient (Wildman–Crippen LogP) is 4.24. The van der Waals surface area contributed by atoms with Crippen LogP contribution in [0.2, 0.25) is 0 Å². The molecule has 0 heterocycles. The lowest BCUT2D eigenvalue weighted by Crippen LogP contribution is -2.31. The SMILES string of the molecule is CNC(CNCOc1ccc(-c2ccccc2)cc1)c1ccccc1. The fourth-order valence-electron chi connectivity index (χ4n) is 2.78. The Morgan fingerprint density at radius 3 is 2.00 bits per heavy atom. The van der Waals surface area contributed by atoms with Gasteiger partial charge in [-0.1, -0.05) is 72.8 Å². The minimum atomic E-state index is 0.269. The number of rotatable bonds is 8. The van der Waals surface area contributed by atoms with E-state index in [0.29, 0.717) is 6.73 Å². The van der Waals surface area contributed by atoms with Crippen LogP contribution in [0.5, 0.6) is 5.75 Å². The first-order valence-electron chi connectivity index (χ1n) is 8.58. The second kappa shape index (κ2) is 9.02. The maximum atomic E-state index is 5.79. The van der Waals surface area contributed by atoms with Crippen LogP contribution in [0, 0.1) is 0 Å². The molecule has 1 atom stereocenters. The fraction of sp³-hybridized carbons (Fsp3) is 0.182. The number of hydrogen-bond donors (Lipinski definition) is 2. The Bertz CT molecular complexity index is 742. The number of hydrogen-bond acceptors (Lipinski definition) is 3. The lowest BCUT2D eigenvalue weighted by molar-refractivity contribution is 0.277. The van der Waals surface area contributed by atoms with Gasteiger partial charge in [-0.2, -0.15) is 0 Å². The molecule has 3 aromatic carbocycles. The van der Waals surface area contributed by atoms with Crippen molar-refractivity contribution in [3.8, 4) is 16.9 Å². The molecule has 3 aromatic rings. The zero-order valence-electron chi connectivity index (χ0n) is 14.5. The number of ether oxygens (including phenoxy) is 1. The summed E-state index contributed by atoms with van der Waals surface area (Å²) >= 11 is 0. The standard InChI is InChI=1S/C22H24N2O/c1-23-22(20-10-6-3-7-11-20)16-24-17-25-21-14-12-19(13-15-21)18-8-4-2-5-9-18/h2-15,22-24H,16-17H2,1H3. The van der Waals surface area contributed by atoms with Crippen LogP contribution in [-0.2, 0) is 0 Å². The first kappa shape index (κ1) is 17.2. The number of nitrogens with one attached hydrogen (secondary N) is 2. The van der Waals surface area contributed by atoms with Gasteiger partial charge in [-0.05, 0) is 35.9 Å². The predicted molar refractivity (Wildman–Crippen MR) is 104 cm³/mol. The zero-order valence-corrected chi connectivity index (χ0v) is 14.5. The Kier molecular flexibility index (Phi) is 6.21. The second-order valence-corrected chi connectivity index (χ2v) is 5.89. The summed E-state index contributed by atoms with van der Waals surface area (Å²) in [4.78, 5) is 0. The smallest absolute Gasteiger partial charge is 0.139 e. The second-order valence-electron chi connectivity index (χ2n) is 5.89. The molecule has 0 radical (unpaired) electrons. The monoisotopic (exact) mass is 332 g/mol. The molecule has 0 spiro atoms. The Balaban J connectivity index is 1.47. The van der Waals surface area contributed by atoms with Gasteiger partial charge in [0.2, 0.25) is 0 Å². The normalized spacial score (nSPS) is 11.9. The third-order valence-electron chi connectivity index (χ3n) is 4.20. The molecule has 0 amide bonds. The van der Waals surface area contributed by atoms with E-state index >= 15 is 0 Å². The summed E-state index contributed by atoms with van der Waals surface area (Å²) in [5, 5.41) is 6.67. The van der Waals surface area contributed by atoms with Crippen LogP contribution in [0.3, 0.4) is 0 Å². The Labute approximate surface area is 149 Å². The van der Waals surface area contributed by atoms with Crippen LogP contribution in [0.15, 0.2) is 84.9 Å². The van der Waals surface area contributed by atoms with Crippen molar-refractivity contribution in [3.63, 3.8) is 0 Å². The van der Waals surface area contributed by atoms with Crippen LogP contribution in [0.25, 0.3) is 11.1 Å². The summed E-state index contributed by atoms with van der Waals surface area (Å²) < 4.78 is 5.79. The van der Waals surface area contributed by atoms with Crippen LogP contribution < -0.4 is 15.4 Å². The van der Waals surface area contributed by atoms with Crippen molar-refractivity contribution in [3.05, 3.63) is 90.5 Å². The van der Waals surface area contributed by atoms with Crippen molar-refractivity contribution in [2.75, 3.05) is 20.3 Å². The number of likely N-dealkylation sites (N-methyl/N-ethyl adjacent to an activating group) is 1. The molecule has 0 aliphatic carbocycles. The van der Waals surface area contributed by atoms with E-state index in [1.165, 1.54) is 16.7 Å². The lowest BCUT2D eigenvalue weighted by Gasteiger charge is -2.17. The maximum Gasteiger partial charge on any atom is 0.139 e. The van der Waals surface area contributed by atoms with Crippen molar-refractivity contribution in [1.29, 1.82) is 0 Å². The average Bonchev–Trinajstić information content (AvgIpc) is 2.70. The van der Waals surface area contributed by atoms with Crippen molar-refractivity contribution in [2.24, 2.45) is 0 Å². The Hall–Kier alpha value is -2.62. The topological polar surface area (TPSA) is 33.3 Å². The molecule has 0 saturated carbocycles. The summed E-state index contributed by atoms with van der Waals surface area (Å²) in [6, 6.07) is 29.2. The van der Waals surface area contributed by atoms with E-state index in [1.807, 2.05) is 31.3 Å². The fourth-order valence-corrected chi connectivity index (χ4v) is 2.78. The third kappa shape index (κ3) is 4.92. The van der Waals surface area contributed by atoms with Crippen LogP contribution in [0.1, 0.15) is 11.6 Å². The zero-order chi connectivity index (χ0) is 17.3. The molecule has 25 heavy (non-hydrogen) atoms. The van der Waals surface area contributed by atoms with Crippen molar-refractivity contribution in [1.82, 2.24) is 10.6 Å². The van der Waals surface area contributed by atoms with E-state index in [4.69, 9.17) is 4.74 Å². The summed E-state index contributed by atoms with van der Waals surface area (Å²) in [6.45, 7) is 1.29. The molecule has 0 aliphatic rings. The minimum Gasteiger partial charge on any atom is -0.478 e. The van der Waals surface area contributed by atoms with Crippen LogP contribution in [-0.4, -0.2) is 20.3 Å². The van der Waals surface area contributed by atoms with E-state index in [9.17, 15) is 0 Å². The molecule has 0 fully saturated rings. The molecule has 0 bridgehead atoms. The molecule has 0 saturated heterocycles. The van der Waals surface area contributed by atoms with E-state index in [0.717, 1.165) is 12.3 Å². The maximum absolute atomic E-state index is 5.79. The lowest BCUT2D eigenvalue weighted by atomic mass is 10.1. The quantitative estimate of drug-likeness (QED) is 0.478. The summed E-state index contributed by atoms with van der Waals surface area (Å²) in [7, 11) is 1.97. The van der Waals surface area contributed by atoms with Crippen molar-refractivity contribution in [2.45, 2.75) is 6.04 Å². The number of benzene rings is 3. The van der Waals surface area contributed by atoms with Crippen LogP contribution in [0.4, 0.5) is 0 Å². The molecular formula is C22H24N2O. The van der Waals surface area contributed by atoms with E-state index < -0.39 is 0 Å². The molecule has 128 valence electrons. The molecule has 0 aromatic heterocycles. The van der Waals surface area contributed by atoms with Gasteiger partial charge in [0, 0.05) is 12.6 Å². The molecule has 3 heteroatoms. The van der Waals surface area contributed by atoms with Crippen LogP contribution >= 0.6 is 0 Å². The van der Waals surface area contributed by atoms with E-state index in [-0.39, 0.29) is 6.04 Å². The first-order valence-corrected chi connectivity index (χ1v) is 8.58. The molecule has 3 nitrogen and oxygen atoms in total. The Morgan fingerprint density at radius 1 is 0.760 bits per heavy atom. The molecule has 1 unspecified atom stereocenters. The van der Waals surface area contributed by atoms with E-state index in [2.05, 4.69) is 71.3 Å². The van der Waals surface area contributed by atoms with Gasteiger partial charge in [0.15, 0.2) is 0 Å². The van der Waals surface area contributed by atoms with Gasteiger partial charge in [-0.3, -0.25) is 5.32 Å². The summed E-state index contributed by atoms with van der Waals surface area (Å²) in [6.07, 6.45) is 0. The molecular weight excluding hydrogens is 308 g/mol. The largest absolute Gasteiger partial charge is 0.478 e. The molecule has 0 aliphatic heterocycles. The minimum absolute atomic E-state index is 0.269. The highest BCUT2D eigenvalue weighted by atomic mass is 16.5.